The number of hydrogen-bond acceptors (Lipinski definition) is 5. The summed E-state index contributed by atoms with van der Waals surface area (Å²) in [5, 5.41) is 9.71. The molecule has 0 fully saturated rings. The third-order valence-electron chi connectivity index (χ3n) is 3.75. The highest BCUT2D eigenvalue weighted by Gasteiger charge is 2.16. The van der Waals surface area contributed by atoms with Crippen LogP contribution in [0, 0.1) is 23.0 Å². The molecule has 136 valence electrons. The van der Waals surface area contributed by atoms with Crippen molar-refractivity contribution in [1.82, 2.24) is 9.97 Å². The fourth-order valence-electron chi connectivity index (χ4n) is 2.47. The first-order valence-electron chi connectivity index (χ1n) is 7.78. The SMILES string of the molecule is CSc1nc(-c2ccccc2COc2cc(F)ccc2F)c(C#N)c(=O)[nH]1. The van der Waals surface area contributed by atoms with Crippen molar-refractivity contribution in [2.24, 2.45) is 0 Å². The maximum atomic E-state index is 13.8. The number of nitrogens with one attached hydrogen (secondary N) is 1. The van der Waals surface area contributed by atoms with Crippen LogP contribution in [0.25, 0.3) is 11.3 Å². The first-order valence-corrected chi connectivity index (χ1v) is 9.00. The van der Waals surface area contributed by atoms with E-state index in [9.17, 15) is 18.8 Å². The molecule has 1 heterocycles. The van der Waals surface area contributed by atoms with Gasteiger partial charge in [0.25, 0.3) is 5.56 Å². The van der Waals surface area contributed by atoms with Gasteiger partial charge in [-0.3, -0.25) is 4.79 Å². The van der Waals surface area contributed by atoms with Crippen molar-refractivity contribution in [2.75, 3.05) is 6.26 Å². The molecule has 2 aromatic carbocycles. The number of aromatic nitrogens is 2. The maximum Gasteiger partial charge on any atom is 0.270 e. The van der Waals surface area contributed by atoms with Crippen molar-refractivity contribution >= 4 is 11.8 Å². The Labute approximate surface area is 157 Å². The monoisotopic (exact) mass is 385 g/mol. The number of rotatable bonds is 5. The largest absolute Gasteiger partial charge is 0.486 e. The average Bonchev–Trinajstić information content (AvgIpc) is 2.68. The van der Waals surface area contributed by atoms with Crippen LogP contribution < -0.4 is 10.3 Å². The molecule has 0 spiro atoms. The summed E-state index contributed by atoms with van der Waals surface area (Å²) >= 11 is 1.23. The van der Waals surface area contributed by atoms with Crippen LogP contribution in [0.3, 0.4) is 0 Å². The van der Waals surface area contributed by atoms with Crippen molar-refractivity contribution in [3.8, 4) is 23.1 Å². The van der Waals surface area contributed by atoms with E-state index in [0.29, 0.717) is 16.3 Å². The molecule has 5 nitrogen and oxygen atoms in total. The third kappa shape index (κ3) is 3.99. The number of hydrogen-bond donors (Lipinski definition) is 1. The Hall–Kier alpha value is -3.18. The van der Waals surface area contributed by atoms with Crippen molar-refractivity contribution in [2.45, 2.75) is 11.8 Å². The van der Waals surface area contributed by atoms with Gasteiger partial charge in [-0.15, -0.1) is 0 Å². The number of benzene rings is 2. The molecule has 1 N–H and O–H groups in total. The summed E-state index contributed by atoms with van der Waals surface area (Å²) in [5.74, 6) is -1.54. The minimum absolute atomic E-state index is 0.0928. The molecule has 3 aromatic rings. The van der Waals surface area contributed by atoms with Gasteiger partial charge in [0.05, 0.1) is 5.69 Å². The Morgan fingerprint density at radius 2 is 2.04 bits per heavy atom. The number of aromatic amines is 1. The van der Waals surface area contributed by atoms with E-state index in [1.165, 1.54) is 11.8 Å². The van der Waals surface area contributed by atoms with E-state index in [1.54, 1.807) is 30.5 Å². The Morgan fingerprint density at radius 1 is 1.26 bits per heavy atom. The number of halogens is 2. The molecule has 0 aliphatic rings. The summed E-state index contributed by atoms with van der Waals surface area (Å²) in [6, 6.07) is 11.7. The molecule has 0 saturated carbocycles. The molecule has 0 aliphatic heterocycles. The van der Waals surface area contributed by atoms with E-state index in [1.807, 2.05) is 6.07 Å². The number of ether oxygens (including phenoxy) is 1. The smallest absolute Gasteiger partial charge is 0.270 e. The molecule has 27 heavy (non-hydrogen) atoms. The first-order chi connectivity index (χ1) is 13.0. The summed E-state index contributed by atoms with van der Waals surface area (Å²) in [5.41, 5.74) is 0.621. The summed E-state index contributed by atoms with van der Waals surface area (Å²) in [7, 11) is 0. The highest BCUT2D eigenvalue weighted by molar-refractivity contribution is 7.98. The molecule has 0 radical (unpaired) electrons. The fraction of sp³-hybridized carbons (Fsp3) is 0.105. The van der Waals surface area contributed by atoms with E-state index < -0.39 is 17.2 Å². The lowest BCUT2D eigenvalue weighted by atomic mass is 10.0. The van der Waals surface area contributed by atoms with Crippen molar-refractivity contribution in [1.29, 1.82) is 5.26 Å². The summed E-state index contributed by atoms with van der Waals surface area (Å²) in [4.78, 5) is 19.0. The van der Waals surface area contributed by atoms with Gasteiger partial charge in [-0.05, 0) is 24.0 Å². The van der Waals surface area contributed by atoms with Crippen LogP contribution in [0.1, 0.15) is 11.1 Å². The lowest BCUT2D eigenvalue weighted by molar-refractivity contribution is 0.289. The van der Waals surface area contributed by atoms with Gasteiger partial charge < -0.3 is 9.72 Å². The van der Waals surface area contributed by atoms with Gasteiger partial charge in [0.1, 0.15) is 24.1 Å². The number of H-pyrrole nitrogens is 1. The minimum atomic E-state index is -0.689. The highest BCUT2D eigenvalue weighted by atomic mass is 32.2. The predicted molar refractivity (Wildman–Crippen MR) is 97.5 cm³/mol. The highest BCUT2D eigenvalue weighted by Crippen LogP contribution is 2.27. The number of nitrogens with zero attached hydrogens (tertiary/aromatic N) is 2. The second-order valence-corrected chi connectivity index (χ2v) is 6.23. The first kappa shape index (κ1) is 18.6. The summed E-state index contributed by atoms with van der Waals surface area (Å²) < 4.78 is 32.5. The molecule has 3 rings (SSSR count). The van der Waals surface area contributed by atoms with Crippen molar-refractivity contribution in [3.63, 3.8) is 0 Å². The van der Waals surface area contributed by atoms with E-state index in [0.717, 1.165) is 18.2 Å². The molecule has 0 saturated heterocycles. The molecular weight excluding hydrogens is 372 g/mol. The van der Waals surface area contributed by atoms with Crippen LogP contribution in [0.2, 0.25) is 0 Å². The van der Waals surface area contributed by atoms with Gasteiger partial charge in [-0.25, -0.2) is 13.8 Å². The molecule has 0 atom stereocenters. The lowest BCUT2D eigenvalue weighted by Gasteiger charge is -2.12. The Balaban J connectivity index is 2.03. The van der Waals surface area contributed by atoms with Crippen LogP contribution in [-0.2, 0) is 6.61 Å². The molecule has 1 aromatic heterocycles. The second kappa shape index (κ2) is 8.01. The fourth-order valence-corrected chi connectivity index (χ4v) is 2.85. The van der Waals surface area contributed by atoms with Crippen molar-refractivity contribution < 1.29 is 13.5 Å². The van der Waals surface area contributed by atoms with Gasteiger partial charge in [0.15, 0.2) is 16.7 Å². The van der Waals surface area contributed by atoms with Gasteiger partial charge in [0.2, 0.25) is 0 Å². The van der Waals surface area contributed by atoms with E-state index in [-0.39, 0.29) is 23.6 Å². The van der Waals surface area contributed by atoms with E-state index in [2.05, 4.69) is 9.97 Å². The second-order valence-electron chi connectivity index (χ2n) is 5.43. The molecule has 0 aliphatic carbocycles. The van der Waals surface area contributed by atoms with E-state index in [4.69, 9.17) is 4.74 Å². The van der Waals surface area contributed by atoms with Crippen LogP contribution in [0.4, 0.5) is 8.78 Å². The maximum absolute atomic E-state index is 13.8. The van der Waals surface area contributed by atoms with Gasteiger partial charge in [0, 0.05) is 11.6 Å². The van der Waals surface area contributed by atoms with Gasteiger partial charge >= 0.3 is 0 Å². The number of nitriles is 1. The minimum Gasteiger partial charge on any atom is -0.486 e. The Kier molecular flexibility index (Phi) is 5.52. The molecule has 8 heteroatoms. The standard InChI is InChI=1S/C19H13F2N3O2S/c1-27-19-23-17(14(9-22)18(25)24-19)13-5-3-2-4-11(13)10-26-16-8-12(20)6-7-15(16)21/h2-8H,10H2,1H3,(H,23,24,25). The predicted octanol–water partition coefficient (Wildman–Crippen LogP) is 3.89. The van der Waals surface area contributed by atoms with E-state index >= 15 is 0 Å². The quantitative estimate of drug-likeness (QED) is 0.533. The Bertz CT molecular complexity index is 1090. The van der Waals surface area contributed by atoms with Crippen LogP contribution in [0.5, 0.6) is 5.75 Å². The lowest BCUT2D eigenvalue weighted by Crippen LogP contribution is -2.15. The Morgan fingerprint density at radius 3 is 2.78 bits per heavy atom. The topological polar surface area (TPSA) is 78.8 Å². The van der Waals surface area contributed by atoms with Crippen molar-refractivity contribution in [3.05, 3.63) is 75.6 Å². The average molecular weight is 385 g/mol. The number of thioether (sulfide) groups is 1. The zero-order valence-corrected chi connectivity index (χ0v) is 14.9. The summed E-state index contributed by atoms with van der Waals surface area (Å²) in [6.07, 6.45) is 1.75. The molecule has 0 amide bonds. The third-order valence-corrected chi connectivity index (χ3v) is 4.33. The molecular formula is C19H13F2N3O2S. The zero-order chi connectivity index (χ0) is 19.4. The van der Waals surface area contributed by atoms with Crippen LogP contribution >= 0.6 is 11.8 Å². The van der Waals surface area contributed by atoms with Gasteiger partial charge in [-0.1, -0.05) is 36.0 Å². The van der Waals surface area contributed by atoms with Crippen LogP contribution in [0.15, 0.2) is 52.4 Å². The molecule has 0 unspecified atom stereocenters. The summed E-state index contributed by atoms with van der Waals surface area (Å²) in [6.45, 7) is -0.0928. The zero-order valence-electron chi connectivity index (χ0n) is 14.1. The normalized spacial score (nSPS) is 10.4. The van der Waals surface area contributed by atoms with Crippen LogP contribution in [-0.4, -0.2) is 16.2 Å². The molecule has 0 bridgehead atoms. The van der Waals surface area contributed by atoms with Gasteiger partial charge in [-0.2, -0.15) is 5.26 Å².